The molecule has 1 heterocycles. The summed E-state index contributed by atoms with van der Waals surface area (Å²) in [5.74, 6) is 0. The van der Waals surface area contributed by atoms with Crippen LogP contribution in [0.1, 0.15) is 26.2 Å². The monoisotopic (exact) mass is 197 g/mol. The fourth-order valence-corrected chi connectivity index (χ4v) is 2.19. The summed E-state index contributed by atoms with van der Waals surface area (Å²) in [5.41, 5.74) is 6.08. The number of aromatic nitrogens is 1. The van der Waals surface area contributed by atoms with Crippen molar-refractivity contribution in [1.29, 1.82) is 0 Å². The van der Waals surface area contributed by atoms with E-state index in [0.29, 0.717) is 5.41 Å². The van der Waals surface area contributed by atoms with Gasteiger partial charge in [-0.15, -0.1) is 0 Å². The van der Waals surface area contributed by atoms with Crippen LogP contribution in [0.25, 0.3) is 0 Å². The number of nitrogen functional groups attached to an aromatic ring is 1. The zero-order valence-corrected chi connectivity index (χ0v) is 8.66. The SMILES string of the molecule is CC1(CNc2ncc(N)s2)CCC1. The molecule has 0 atom stereocenters. The minimum Gasteiger partial charge on any atom is -0.389 e. The number of nitrogens with two attached hydrogens (primary N) is 1. The van der Waals surface area contributed by atoms with Gasteiger partial charge in [-0.3, -0.25) is 0 Å². The van der Waals surface area contributed by atoms with Crippen molar-refractivity contribution in [2.45, 2.75) is 26.2 Å². The highest BCUT2D eigenvalue weighted by Gasteiger charge is 2.31. The first-order chi connectivity index (χ1) is 6.18. The summed E-state index contributed by atoms with van der Waals surface area (Å²) < 4.78 is 0. The maximum absolute atomic E-state index is 5.58. The van der Waals surface area contributed by atoms with Gasteiger partial charge >= 0.3 is 0 Å². The number of rotatable bonds is 3. The molecule has 3 nitrogen and oxygen atoms in total. The first kappa shape index (κ1) is 8.81. The Bertz CT molecular complexity index is 291. The predicted octanol–water partition coefficient (Wildman–Crippen LogP) is 2.33. The van der Waals surface area contributed by atoms with Gasteiger partial charge in [0.2, 0.25) is 0 Å². The van der Waals surface area contributed by atoms with Crippen molar-refractivity contribution in [3.8, 4) is 0 Å². The second-order valence-corrected chi connectivity index (χ2v) is 5.15. The molecule has 1 aliphatic carbocycles. The number of thiazole rings is 1. The van der Waals surface area contributed by atoms with Gasteiger partial charge in [-0.1, -0.05) is 24.7 Å². The predicted molar refractivity (Wildman–Crippen MR) is 57.0 cm³/mol. The topological polar surface area (TPSA) is 50.9 Å². The lowest BCUT2D eigenvalue weighted by atomic mass is 9.70. The third-order valence-electron chi connectivity index (χ3n) is 2.75. The third-order valence-corrected chi connectivity index (χ3v) is 3.53. The van der Waals surface area contributed by atoms with E-state index in [9.17, 15) is 0 Å². The Morgan fingerprint density at radius 2 is 2.46 bits per heavy atom. The molecule has 4 heteroatoms. The van der Waals surface area contributed by atoms with E-state index in [2.05, 4.69) is 17.2 Å². The highest BCUT2D eigenvalue weighted by molar-refractivity contribution is 7.19. The van der Waals surface area contributed by atoms with Gasteiger partial charge in [0.1, 0.15) is 5.00 Å². The quantitative estimate of drug-likeness (QED) is 0.782. The number of hydrogen-bond donors (Lipinski definition) is 2. The van der Waals surface area contributed by atoms with E-state index in [1.807, 2.05) is 0 Å². The molecule has 0 radical (unpaired) electrons. The normalized spacial score (nSPS) is 19.5. The van der Waals surface area contributed by atoms with Crippen LogP contribution in [0.3, 0.4) is 0 Å². The standard InChI is InChI=1S/C9H15N3S/c1-9(3-2-4-9)6-12-8-11-5-7(10)13-8/h5H,2-4,6,10H2,1H3,(H,11,12). The minimum absolute atomic E-state index is 0.500. The molecular formula is C9H15N3S. The van der Waals surface area contributed by atoms with Crippen molar-refractivity contribution in [2.75, 3.05) is 17.6 Å². The van der Waals surface area contributed by atoms with Crippen LogP contribution in [0, 0.1) is 5.41 Å². The van der Waals surface area contributed by atoms with Gasteiger partial charge in [-0.05, 0) is 18.3 Å². The molecule has 1 fully saturated rings. The fourth-order valence-electron chi connectivity index (χ4n) is 1.61. The molecule has 1 saturated carbocycles. The Kier molecular flexibility index (Phi) is 2.15. The van der Waals surface area contributed by atoms with Crippen molar-refractivity contribution in [3.05, 3.63) is 6.20 Å². The summed E-state index contributed by atoms with van der Waals surface area (Å²) in [6.07, 6.45) is 5.75. The molecular weight excluding hydrogens is 182 g/mol. The Morgan fingerprint density at radius 3 is 2.92 bits per heavy atom. The molecule has 0 amide bonds. The van der Waals surface area contributed by atoms with E-state index in [1.165, 1.54) is 30.6 Å². The van der Waals surface area contributed by atoms with E-state index in [0.717, 1.165) is 16.7 Å². The van der Waals surface area contributed by atoms with Crippen LogP contribution in [0.5, 0.6) is 0 Å². The van der Waals surface area contributed by atoms with Crippen LogP contribution in [0.2, 0.25) is 0 Å². The van der Waals surface area contributed by atoms with E-state index < -0.39 is 0 Å². The lowest BCUT2D eigenvalue weighted by molar-refractivity contribution is 0.180. The lowest BCUT2D eigenvalue weighted by Crippen LogP contribution is -2.33. The summed E-state index contributed by atoms with van der Waals surface area (Å²) in [4.78, 5) is 4.16. The van der Waals surface area contributed by atoms with Crippen molar-refractivity contribution < 1.29 is 0 Å². The molecule has 13 heavy (non-hydrogen) atoms. The van der Waals surface area contributed by atoms with Crippen molar-refractivity contribution in [2.24, 2.45) is 5.41 Å². The molecule has 1 aromatic heterocycles. The summed E-state index contributed by atoms with van der Waals surface area (Å²) >= 11 is 1.52. The highest BCUT2D eigenvalue weighted by atomic mass is 32.1. The number of nitrogens with one attached hydrogen (secondary N) is 1. The first-order valence-electron chi connectivity index (χ1n) is 4.63. The fraction of sp³-hybridized carbons (Fsp3) is 0.667. The van der Waals surface area contributed by atoms with Crippen LogP contribution >= 0.6 is 11.3 Å². The molecule has 2 rings (SSSR count). The molecule has 0 bridgehead atoms. The van der Waals surface area contributed by atoms with Gasteiger partial charge in [0, 0.05) is 6.54 Å². The summed E-state index contributed by atoms with van der Waals surface area (Å²) in [6.45, 7) is 3.35. The molecule has 1 aliphatic rings. The smallest absolute Gasteiger partial charge is 0.184 e. The maximum Gasteiger partial charge on any atom is 0.184 e. The van der Waals surface area contributed by atoms with Gasteiger partial charge in [0.05, 0.1) is 6.20 Å². The van der Waals surface area contributed by atoms with Crippen LogP contribution in [0.15, 0.2) is 6.20 Å². The molecule has 72 valence electrons. The zero-order valence-electron chi connectivity index (χ0n) is 7.84. The van der Waals surface area contributed by atoms with Gasteiger partial charge in [0.15, 0.2) is 5.13 Å². The molecule has 0 aliphatic heterocycles. The third kappa shape index (κ3) is 1.94. The summed E-state index contributed by atoms with van der Waals surface area (Å²) in [7, 11) is 0. The Hall–Kier alpha value is -0.770. The van der Waals surface area contributed by atoms with Crippen molar-refractivity contribution >= 4 is 21.5 Å². The first-order valence-corrected chi connectivity index (χ1v) is 5.45. The van der Waals surface area contributed by atoms with Crippen molar-refractivity contribution in [1.82, 2.24) is 4.98 Å². The summed E-state index contributed by atoms with van der Waals surface area (Å²) in [6, 6.07) is 0. The van der Waals surface area contributed by atoms with E-state index >= 15 is 0 Å². The van der Waals surface area contributed by atoms with E-state index in [4.69, 9.17) is 5.73 Å². The van der Waals surface area contributed by atoms with Crippen molar-refractivity contribution in [3.63, 3.8) is 0 Å². The molecule has 0 unspecified atom stereocenters. The number of nitrogens with zero attached hydrogens (tertiary/aromatic N) is 1. The van der Waals surface area contributed by atoms with Crippen LogP contribution < -0.4 is 11.1 Å². The zero-order chi connectivity index (χ0) is 9.31. The minimum atomic E-state index is 0.500. The molecule has 0 aromatic carbocycles. The second kappa shape index (κ2) is 3.18. The lowest BCUT2D eigenvalue weighted by Gasteiger charge is -2.38. The highest BCUT2D eigenvalue weighted by Crippen LogP contribution is 2.40. The Morgan fingerprint density at radius 1 is 1.69 bits per heavy atom. The average Bonchev–Trinajstić information content (AvgIpc) is 2.44. The largest absolute Gasteiger partial charge is 0.389 e. The molecule has 3 N–H and O–H groups in total. The summed E-state index contributed by atoms with van der Waals surface area (Å²) in [5, 5.41) is 5.06. The van der Waals surface area contributed by atoms with E-state index in [-0.39, 0.29) is 0 Å². The maximum atomic E-state index is 5.58. The Labute approximate surface area is 82.4 Å². The Balaban J connectivity index is 1.85. The van der Waals surface area contributed by atoms with Gasteiger partial charge in [-0.25, -0.2) is 4.98 Å². The molecule has 0 spiro atoms. The molecule has 0 saturated heterocycles. The van der Waals surface area contributed by atoms with Gasteiger partial charge in [0.25, 0.3) is 0 Å². The van der Waals surface area contributed by atoms with E-state index in [1.54, 1.807) is 6.20 Å². The van der Waals surface area contributed by atoms with Crippen LogP contribution in [-0.4, -0.2) is 11.5 Å². The van der Waals surface area contributed by atoms with Gasteiger partial charge in [-0.2, -0.15) is 0 Å². The number of hydrogen-bond acceptors (Lipinski definition) is 4. The van der Waals surface area contributed by atoms with Crippen LogP contribution in [0.4, 0.5) is 10.1 Å². The second-order valence-electron chi connectivity index (χ2n) is 4.09. The van der Waals surface area contributed by atoms with Crippen LogP contribution in [-0.2, 0) is 0 Å². The average molecular weight is 197 g/mol. The molecule has 1 aromatic rings. The number of anilines is 2. The van der Waals surface area contributed by atoms with Gasteiger partial charge < -0.3 is 11.1 Å².